The minimum absolute atomic E-state index is 0.0141. The predicted octanol–water partition coefficient (Wildman–Crippen LogP) is 3.76. The van der Waals surface area contributed by atoms with Crippen molar-refractivity contribution in [1.29, 1.82) is 0 Å². The van der Waals surface area contributed by atoms with Crippen LogP contribution in [0, 0.1) is 13.8 Å². The molecular formula is C24H31N3O2S. The van der Waals surface area contributed by atoms with Gasteiger partial charge < -0.3 is 10.6 Å². The molecule has 2 aromatic carbocycles. The summed E-state index contributed by atoms with van der Waals surface area (Å²) in [5.74, 6) is 0.516. The standard InChI is InChI=1S/C24H31N3O2S/c1-18-6-8-21(9-7-18)25-23(28)16-30-17-24(29)26-22-10-12-27(13-11-22)15-20-5-3-4-19(2)14-20/h3-9,14,22H,10-13,15-17H2,1-2H3,(H,25,28)(H,26,29). The van der Waals surface area contributed by atoms with Crippen molar-refractivity contribution in [3.63, 3.8) is 0 Å². The van der Waals surface area contributed by atoms with E-state index in [9.17, 15) is 9.59 Å². The molecular weight excluding hydrogens is 394 g/mol. The largest absolute Gasteiger partial charge is 0.353 e. The molecule has 1 aliphatic rings. The van der Waals surface area contributed by atoms with Gasteiger partial charge >= 0.3 is 0 Å². The van der Waals surface area contributed by atoms with Gasteiger partial charge in [-0.25, -0.2) is 0 Å². The van der Waals surface area contributed by atoms with Crippen LogP contribution in [0.3, 0.4) is 0 Å². The lowest BCUT2D eigenvalue weighted by Crippen LogP contribution is -2.44. The lowest BCUT2D eigenvalue weighted by atomic mass is 10.0. The first-order valence-corrected chi connectivity index (χ1v) is 11.6. The van der Waals surface area contributed by atoms with Crippen molar-refractivity contribution in [2.24, 2.45) is 0 Å². The number of carbonyl (C=O) groups excluding carboxylic acids is 2. The molecule has 0 unspecified atom stereocenters. The van der Waals surface area contributed by atoms with E-state index in [2.05, 4.69) is 46.7 Å². The molecule has 0 bridgehead atoms. The third kappa shape index (κ3) is 7.50. The minimum Gasteiger partial charge on any atom is -0.353 e. The van der Waals surface area contributed by atoms with E-state index in [0.717, 1.165) is 43.7 Å². The summed E-state index contributed by atoms with van der Waals surface area (Å²) in [6, 6.07) is 16.6. The first-order valence-electron chi connectivity index (χ1n) is 10.5. The summed E-state index contributed by atoms with van der Waals surface area (Å²) in [7, 11) is 0. The Bertz CT molecular complexity index is 846. The van der Waals surface area contributed by atoms with Gasteiger partial charge in [0.25, 0.3) is 0 Å². The number of likely N-dealkylation sites (tertiary alicyclic amines) is 1. The molecule has 1 aliphatic heterocycles. The van der Waals surface area contributed by atoms with E-state index in [-0.39, 0.29) is 23.6 Å². The maximum Gasteiger partial charge on any atom is 0.234 e. The molecule has 0 aliphatic carbocycles. The Balaban J connectivity index is 1.30. The maximum absolute atomic E-state index is 12.2. The van der Waals surface area contributed by atoms with Crippen LogP contribution in [0.25, 0.3) is 0 Å². The maximum atomic E-state index is 12.2. The number of carbonyl (C=O) groups is 2. The van der Waals surface area contributed by atoms with Crippen molar-refractivity contribution >= 4 is 29.3 Å². The highest BCUT2D eigenvalue weighted by Gasteiger charge is 2.20. The number of nitrogens with zero attached hydrogens (tertiary/aromatic N) is 1. The lowest BCUT2D eigenvalue weighted by Gasteiger charge is -2.32. The number of hydrogen-bond donors (Lipinski definition) is 2. The highest BCUT2D eigenvalue weighted by Crippen LogP contribution is 2.15. The van der Waals surface area contributed by atoms with Gasteiger partial charge in [-0.2, -0.15) is 0 Å². The summed E-state index contributed by atoms with van der Waals surface area (Å²) in [5.41, 5.74) is 4.57. The number of rotatable bonds is 8. The van der Waals surface area contributed by atoms with Crippen LogP contribution in [-0.2, 0) is 16.1 Å². The number of amides is 2. The topological polar surface area (TPSA) is 61.4 Å². The fourth-order valence-electron chi connectivity index (χ4n) is 3.64. The number of hydrogen-bond acceptors (Lipinski definition) is 4. The fourth-order valence-corrected chi connectivity index (χ4v) is 4.27. The van der Waals surface area contributed by atoms with Crippen LogP contribution in [0.4, 0.5) is 5.69 Å². The Labute approximate surface area is 183 Å². The zero-order valence-corrected chi connectivity index (χ0v) is 18.6. The van der Waals surface area contributed by atoms with Gasteiger partial charge in [-0.05, 0) is 44.4 Å². The molecule has 5 nitrogen and oxygen atoms in total. The first kappa shape index (κ1) is 22.4. The number of aryl methyl sites for hydroxylation is 2. The quantitative estimate of drug-likeness (QED) is 0.676. The van der Waals surface area contributed by atoms with E-state index in [4.69, 9.17) is 0 Å². The molecule has 0 atom stereocenters. The van der Waals surface area contributed by atoms with Gasteiger partial charge in [-0.15, -0.1) is 11.8 Å². The van der Waals surface area contributed by atoms with Crippen LogP contribution in [-0.4, -0.2) is 47.4 Å². The average Bonchev–Trinajstić information content (AvgIpc) is 2.71. The van der Waals surface area contributed by atoms with Crippen molar-refractivity contribution in [3.8, 4) is 0 Å². The Hall–Kier alpha value is -2.31. The van der Waals surface area contributed by atoms with Crippen LogP contribution < -0.4 is 10.6 Å². The monoisotopic (exact) mass is 425 g/mol. The van der Waals surface area contributed by atoms with E-state index in [1.807, 2.05) is 31.2 Å². The van der Waals surface area contributed by atoms with Gasteiger partial charge in [0.1, 0.15) is 0 Å². The van der Waals surface area contributed by atoms with Gasteiger partial charge in [0.05, 0.1) is 11.5 Å². The average molecular weight is 426 g/mol. The van der Waals surface area contributed by atoms with Crippen molar-refractivity contribution in [2.75, 3.05) is 29.9 Å². The van der Waals surface area contributed by atoms with Crippen LogP contribution in [0.2, 0.25) is 0 Å². The summed E-state index contributed by atoms with van der Waals surface area (Å²) in [6.45, 7) is 7.08. The Morgan fingerprint density at radius 2 is 1.67 bits per heavy atom. The minimum atomic E-state index is -0.0823. The van der Waals surface area contributed by atoms with Crippen LogP contribution in [0.5, 0.6) is 0 Å². The second kappa shape index (κ2) is 11.2. The third-order valence-electron chi connectivity index (χ3n) is 5.24. The number of benzene rings is 2. The van der Waals surface area contributed by atoms with E-state index < -0.39 is 0 Å². The zero-order valence-electron chi connectivity index (χ0n) is 17.8. The van der Waals surface area contributed by atoms with Gasteiger partial charge in [0, 0.05) is 31.4 Å². The van der Waals surface area contributed by atoms with Gasteiger partial charge in [-0.1, -0.05) is 47.5 Å². The Kier molecular flexibility index (Phi) is 8.34. The van der Waals surface area contributed by atoms with Crippen molar-refractivity contribution in [1.82, 2.24) is 10.2 Å². The van der Waals surface area contributed by atoms with Crippen molar-refractivity contribution in [2.45, 2.75) is 39.3 Å². The molecule has 6 heteroatoms. The zero-order chi connectivity index (χ0) is 21.3. The number of piperidine rings is 1. The van der Waals surface area contributed by atoms with E-state index in [1.54, 1.807) is 0 Å². The smallest absolute Gasteiger partial charge is 0.234 e. The molecule has 0 spiro atoms. The molecule has 1 fully saturated rings. The van der Waals surface area contributed by atoms with Crippen molar-refractivity contribution < 1.29 is 9.59 Å². The molecule has 160 valence electrons. The highest BCUT2D eigenvalue weighted by molar-refractivity contribution is 8.00. The second-order valence-corrected chi connectivity index (χ2v) is 9.00. The van der Waals surface area contributed by atoms with Gasteiger partial charge in [0.2, 0.25) is 11.8 Å². The molecule has 3 rings (SSSR count). The molecule has 1 saturated heterocycles. The third-order valence-corrected chi connectivity index (χ3v) is 6.18. The first-order chi connectivity index (χ1) is 14.5. The van der Waals surface area contributed by atoms with E-state index in [1.165, 1.54) is 22.9 Å². The Morgan fingerprint density at radius 1 is 0.967 bits per heavy atom. The predicted molar refractivity (Wildman–Crippen MR) is 125 cm³/mol. The molecule has 0 aromatic heterocycles. The number of nitrogens with one attached hydrogen (secondary N) is 2. The SMILES string of the molecule is Cc1ccc(NC(=O)CSCC(=O)NC2CCN(Cc3cccc(C)c3)CC2)cc1. The summed E-state index contributed by atoms with van der Waals surface area (Å²) >= 11 is 1.35. The second-order valence-electron chi connectivity index (χ2n) is 8.01. The van der Waals surface area contributed by atoms with Crippen molar-refractivity contribution in [3.05, 3.63) is 65.2 Å². The van der Waals surface area contributed by atoms with Crippen LogP contribution in [0.1, 0.15) is 29.5 Å². The number of anilines is 1. The van der Waals surface area contributed by atoms with Gasteiger partial charge in [-0.3, -0.25) is 14.5 Å². The summed E-state index contributed by atoms with van der Waals surface area (Å²) < 4.78 is 0. The molecule has 2 N–H and O–H groups in total. The van der Waals surface area contributed by atoms with E-state index in [0.29, 0.717) is 5.75 Å². The molecule has 2 amide bonds. The van der Waals surface area contributed by atoms with Crippen LogP contribution >= 0.6 is 11.8 Å². The van der Waals surface area contributed by atoms with E-state index >= 15 is 0 Å². The number of thioether (sulfide) groups is 1. The highest BCUT2D eigenvalue weighted by atomic mass is 32.2. The summed E-state index contributed by atoms with van der Waals surface area (Å²) in [6.07, 6.45) is 1.94. The fraction of sp³-hybridized carbons (Fsp3) is 0.417. The normalized spacial score (nSPS) is 15.0. The summed E-state index contributed by atoms with van der Waals surface area (Å²) in [4.78, 5) is 26.7. The molecule has 2 aromatic rings. The van der Waals surface area contributed by atoms with Gasteiger partial charge in [0.15, 0.2) is 0 Å². The molecule has 30 heavy (non-hydrogen) atoms. The van der Waals surface area contributed by atoms with Crippen LogP contribution in [0.15, 0.2) is 48.5 Å². The molecule has 1 heterocycles. The molecule has 0 radical (unpaired) electrons. The Morgan fingerprint density at radius 3 is 2.37 bits per heavy atom. The lowest BCUT2D eigenvalue weighted by molar-refractivity contribution is -0.119. The summed E-state index contributed by atoms with van der Waals surface area (Å²) in [5, 5.41) is 5.98. The molecule has 0 saturated carbocycles.